The summed E-state index contributed by atoms with van der Waals surface area (Å²) in [6.07, 6.45) is 3.90. The van der Waals surface area contributed by atoms with E-state index in [-0.39, 0.29) is 17.4 Å². The van der Waals surface area contributed by atoms with Crippen LogP contribution < -0.4 is 4.74 Å². The Balaban J connectivity index is 2.23. The van der Waals surface area contributed by atoms with Crippen molar-refractivity contribution in [2.45, 2.75) is 5.92 Å². The van der Waals surface area contributed by atoms with Crippen LogP contribution in [0.3, 0.4) is 0 Å². The summed E-state index contributed by atoms with van der Waals surface area (Å²) in [5.41, 5.74) is 1.91. The minimum Gasteiger partial charge on any atom is -0.508 e. The van der Waals surface area contributed by atoms with Gasteiger partial charge in [0.25, 0.3) is 0 Å². The number of methoxy groups -OCH3 is 1. The first-order valence-corrected chi connectivity index (χ1v) is 6.90. The van der Waals surface area contributed by atoms with Gasteiger partial charge in [-0.15, -0.1) is 0 Å². The monoisotopic (exact) mass is 300 g/mol. The fraction of sp³-hybridized carbons (Fsp3) is 0.118. The summed E-state index contributed by atoms with van der Waals surface area (Å²) in [5.74, 6) is 0.698. The molecule has 0 saturated carbocycles. The molecule has 108 valence electrons. The van der Waals surface area contributed by atoms with Crippen molar-refractivity contribution in [3.63, 3.8) is 0 Å². The number of aromatic hydroxyl groups is 2. The van der Waals surface area contributed by atoms with E-state index >= 15 is 0 Å². The van der Waals surface area contributed by atoms with E-state index in [4.69, 9.17) is 17.0 Å². The molecule has 0 aliphatic carbocycles. The van der Waals surface area contributed by atoms with Crippen LogP contribution in [0.4, 0.5) is 0 Å². The number of benzene rings is 2. The largest absolute Gasteiger partial charge is 0.508 e. The van der Waals surface area contributed by atoms with E-state index in [1.807, 2.05) is 30.4 Å². The minimum atomic E-state index is -0.0664. The average Bonchev–Trinajstić information content (AvgIpc) is 2.51. The van der Waals surface area contributed by atoms with E-state index in [1.54, 1.807) is 29.6 Å². The normalized spacial score (nSPS) is 12.2. The molecule has 0 bridgehead atoms. The van der Waals surface area contributed by atoms with E-state index < -0.39 is 0 Å². The molecule has 3 nitrogen and oxygen atoms in total. The van der Waals surface area contributed by atoms with Crippen molar-refractivity contribution in [2.75, 3.05) is 7.11 Å². The van der Waals surface area contributed by atoms with Gasteiger partial charge in [0.2, 0.25) is 0 Å². The van der Waals surface area contributed by atoms with Gasteiger partial charge in [-0.1, -0.05) is 42.6 Å². The van der Waals surface area contributed by atoms with Crippen LogP contribution in [-0.2, 0) is 0 Å². The van der Waals surface area contributed by atoms with Crippen molar-refractivity contribution >= 4 is 23.7 Å². The van der Waals surface area contributed by atoms with Gasteiger partial charge in [-0.2, -0.15) is 0 Å². The lowest BCUT2D eigenvalue weighted by Gasteiger charge is -2.10. The smallest absolute Gasteiger partial charge is 0.160 e. The molecule has 21 heavy (non-hydrogen) atoms. The van der Waals surface area contributed by atoms with E-state index in [2.05, 4.69) is 0 Å². The molecular formula is C17H16O3S. The molecule has 0 saturated heterocycles. The molecule has 0 aromatic heterocycles. The molecule has 2 aromatic carbocycles. The summed E-state index contributed by atoms with van der Waals surface area (Å²) >= 11 is 5.08. The van der Waals surface area contributed by atoms with Gasteiger partial charge >= 0.3 is 0 Å². The lowest BCUT2D eigenvalue weighted by Crippen LogP contribution is -1.96. The van der Waals surface area contributed by atoms with Gasteiger partial charge < -0.3 is 14.9 Å². The lowest BCUT2D eigenvalue weighted by molar-refractivity contribution is 0.373. The second kappa shape index (κ2) is 6.90. The molecule has 0 amide bonds. The molecule has 4 heteroatoms. The fourth-order valence-corrected chi connectivity index (χ4v) is 2.18. The predicted octanol–water partition coefficient (Wildman–Crippen LogP) is 3.90. The zero-order valence-electron chi connectivity index (χ0n) is 11.6. The Bertz CT molecular complexity index is 648. The summed E-state index contributed by atoms with van der Waals surface area (Å²) in [4.78, 5) is 0. The molecule has 0 fully saturated rings. The van der Waals surface area contributed by atoms with Crippen molar-refractivity contribution in [3.8, 4) is 17.2 Å². The van der Waals surface area contributed by atoms with Gasteiger partial charge in [0.1, 0.15) is 5.75 Å². The van der Waals surface area contributed by atoms with Gasteiger partial charge in [0.15, 0.2) is 11.5 Å². The second-order valence-corrected chi connectivity index (χ2v) is 4.82. The third kappa shape index (κ3) is 3.83. The lowest BCUT2D eigenvalue weighted by atomic mass is 9.99. The summed E-state index contributed by atoms with van der Waals surface area (Å²) in [6.45, 7) is 0. The van der Waals surface area contributed by atoms with Crippen LogP contribution in [-0.4, -0.2) is 22.7 Å². The van der Waals surface area contributed by atoms with Gasteiger partial charge in [-0.3, -0.25) is 0 Å². The standard InChI is InChI=1S/C17H16O3S/c1-20-17-10-13(6-9-16(17)19)14(11-21)5-2-12-3-7-15(18)8-4-12/h2-11,14,18-19H,1H3/b5-2-. The number of hydrogen-bond acceptors (Lipinski definition) is 4. The maximum absolute atomic E-state index is 9.62. The molecule has 1 atom stereocenters. The maximum Gasteiger partial charge on any atom is 0.160 e. The highest BCUT2D eigenvalue weighted by atomic mass is 32.1. The molecule has 2 N–H and O–H groups in total. The van der Waals surface area contributed by atoms with E-state index in [9.17, 15) is 10.2 Å². The number of allylic oxidation sites excluding steroid dienone is 1. The molecule has 0 radical (unpaired) electrons. The average molecular weight is 300 g/mol. The van der Waals surface area contributed by atoms with Gasteiger partial charge in [-0.05, 0) is 40.8 Å². The zero-order chi connectivity index (χ0) is 15.2. The van der Waals surface area contributed by atoms with Crippen molar-refractivity contribution < 1.29 is 14.9 Å². The Labute approximate surface area is 129 Å². The highest BCUT2D eigenvalue weighted by Crippen LogP contribution is 2.30. The third-order valence-corrected chi connectivity index (χ3v) is 3.42. The molecule has 0 heterocycles. The molecule has 0 aliphatic rings. The Kier molecular flexibility index (Phi) is 4.95. The molecule has 0 spiro atoms. The summed E-state index contributed by atoms with van der Waals surface area (Å²) in [5, 5.41) is 20.5. The molecule has 1 unspecified atom stereocenters. The van der Waals surface area contributed by atoms with Crippen LogP contribution in [0.2, 0.25) is 0 Å². The SMILES string of the molecule is COc1cc(C(C=S)/C=C\c2ccc(O)cc2)ccc1O. The first-order valence-electron chi connectivity index (χ1n) is 6.43. The fourth-order valence-electron chi connectivity index (χ4n) is 1.94. The van der Waals surface area contributed by atoms with Crippen LogP contribution in [0.1, 0.15) is 17.0 Å². The molecule has 2 aromatic rings. The summed E-state index contributed by atoms with van der Waals surface area (Å²) in [7, 11) is 1.51. The maximum atomic E-state index is 9.62. The van der Waals surface area contributed by atoms with Gasteiger partial charge in [0.05, 0.1) is 7.11 Å². The number of phenols is 2. The van der Waals surface area contributed by atoms with E-state index in [0.29, 0.717) is 5.75 Å². The second-order valence-electron chi connectivity index (χ2n) is 4.54. The van der Waals surface area contributed by atoms with Crippen molar-refractivity contribution in [1.82, 2.24) is 0 Å². The number of rotatable bonds is 5. The molecule has 0 aliphatic heterocycles. The topological polar surface area (TPSA) is 49.7 Å². The first-order chi connectivity index (χ1) is 10.1. The van der Waals surface area contributed by atoms with Crippen molar-refractivity contribution in [2.24, 2.45) is 0 Å². The van der Waals surface area contributed by atoms with E-state index in [0.717, 1.165) is 11.1 Å². The van der Waals surface area contributed by atoms with Crippen LogP contribution in [0.5, 0.6) is 17.2 Å². The Hall–Kier alpha value is -2.33. The Morgan fingerprint density at radius 1 is 1.10 bits per heavy atom. The number of hydrogen-bond donors (Lipinski definition) is 2. The number of phenolic OH excluding ortho intramolecular Hbond substituents is 2. The first kappa shape index (κ1) is 15.1. The van der Waals surface area contributed by atoms with E-state index in [1.165, 1.54) is 7.11 Å². The highest BCUT2D eigenvalue weighted by Gasteiger charge is 2.08. The third-order valence-electron chi connectivity index (χ3n) is 3.12. The van der Waals surface area contributed by atoms with Crippen LogP contribution in [0.25, 0.3) is 6.08 Å². The molecular weight excluding hydrogens is 284 g/mol. The van der Waals surface area contributed by atoms with Crippen molar-refractivity contribution in [1.29, 1.82) is 0 Å². The summed E-state index contributed by atoms with van der Waals surface area (Å²) in [6, 6.07) is 12.1. The number of thiocarbonyl (C=S) groups is 1. The molecule has 2 rings (SSSR count). The minimum absolute atomic E-state index is 0.0664. The van der Waals surface area contributed by atoms with Crippen LogP contribution >= 0.6 is 12.2 Å². The number of ether oxygens (including phenoxy) is 1. The van der Waals surface area contributed by atoms with Crippen molar-refractivity contribution in [3.05, 3.63) is 59.7 Å². The highest BCUT2D eigenvalue weighted by molar-refractivity contribution is 7.79. The Morgan fingerprint density at radius 3 is 2.43 bits per heavy atom. The zero-order valence-corrected chi connectivity index (χ0v) is 12.4. The van der Waals surface area contributed by atoms with Gasteiger partial charge in [-0.25, -0.2) is 0 Å². The van der Waals surface area contributed by atoms with Crippen LogP contribution in [0.15, 0.2) is 48.5 Å². The van der Waals surface area contributed by atoms with Gasteiger partial charge in [0, 0.05) is 5.92 Å². The summed E-state index contributed by atoms with van der Waals surface area (Å²) < 4.78 is 5.11. The van der Waals surface area contributed by atoms with Crippen LogP contribution in [0, 0.1) is 0 Å². The Morgan fingerprint density at radius 2 is 1.81 bits per heavy atom. The predicted molar refractivity (Wildman–Crippen MR) is 88.2 cm³/mol. The quantitative estimate of drug-likeness (QED) is 0.822.